The Morgan fingerprint density at radius 1 is 0.944 bits per heavy atom. The lowest BCUT2D eigenvalue weighted by molar-refractivity contribution is 0.136. The van der Waals surface area contributed by atoms with Gasteiger partial charge in [-0.05, 0) is 29.0 Å². The molecule has 2 aromatic carbocycles. The van der Waals surface area contributed by atoms with Gasteiger partial charge < -0.3 is 4.74 Å². The minimum absolute atomic E-state index is 0.162. The summed E-state index contributed by atoms with van der Waals surface area (Å²) in [5, 5.41) is 0. The van der Waals surface area contributed by atoms with E-state index in [9.17, 15) is 0 Å². The number of benzene rings is 2. The van der Waals surface area contributed by atoms with Gasteiger partial charge in [0.2, 0.25) is 0 Å². The maximum Gasteiger partial charge on any atom is 0.125 e. The van der Waals surface area contributed by atoms with E-state index in [-0.39, 0.29) is 11.5 Å². The van der Waals surface area contributed by atoms with Gasteiger partial charge in [-0.3, -0.25) is 0 Å². The van der Waals surface area contributed by atoms with Gasteiger partial charge in [0.05, 0.1) is 0 Å². The number of hydrogen-bond donors (Lipinski definition) is 0. The molecule has 1 heteroatoms. The molecule has 1 aliphatic heterocycles. The molecular weight excluding hydrogens is 220 g/mol. The maximum absolute atomic E-state index is 6.15. The van der Waals surface area contributed by atoms with E-state index < -0.39 is 0 Å². The van der Waals surface area contributed by atoms with Crippen molar-refractivity contribution in [3.63, 3.8) is 0 Å². The summed E-state index contributed by atoms with van der Waals surface area (Å²) >= 11 is 0. The van der Waals surface area contributed by atoms with Crippen LogP contribution >= 0.6 is 0 Å². The molecule has 0 fully saturated rings. The van der Waals surface area contributed by atoms with E-state index in [1.165, 1.54) is 11.1 Å². The fourth-order valence-corrected chi connectivity index (χ4v) is 2.75. The molecular formula is C17H18O. The van der Waals surface area contributed by atoms with Crippen LogP contribution < -0.4 is 4.74 Å². The van der Waals surface area contributed by atoms with E-state index >= 15 is 0 Å². The van der Waals surface area contributed by atoms with Crippen molar-refractivity contribution in [3.8, 4) is 5.75 Å². The van der Waals surface area contributed by atoms with Gasteiger partial charge >= 0.3 is 0 Å². The van der Waals surface area contributed by atoms with Crippen LogP contribution in [0.3, 0.4) is 0 Å². The zero-order valence-corrected chi connectivity index (χ0v) is 10.9. The van der Waals surface area contributed by atoms with Gasteiger partial charge in [-0.2, -0.15) is 0 Å². The van der Waals surface area contributed by atoms with E-state index in [1.54, 1.807) is 0 Å². The highest BCUT2D eigenvalue weighted by atomic mass is 16.5. The fraction of sp³-hybridized carbons (Fsp3) is 0.294. The summed E-state index contributed by atoms with van der Waals surface area (Å²) < 4.78 is 6.15. The highest BCUT2D eigenvalue weighted by Crippen LogP contribution is 2.45. The van der Waals surface area contributed by atoms with Crippen molar-refractivity contribution in [1.29, 1.82) is 0 Å². The molecule has 0 radical (unpaired) electrons. The first-order valence-corrected chi connectivity index (χ1v) is 6.48. The van der Waals surface area contributed by atoms with Crippen molar-refractivity contribution in [2.45, 2.75) is 31.8 Å². The van der Waals surface area contributed by atoms with Crippen LogP contribution in [-0.4, -0.2) is 0 Å². The Morgan fingerprint density at radius 2 is 1.61 bits per heavy atom. The zero-order valence-electron chi connectivity index (χ0n) is 10.9. The molecule has 1 aliphatic rings. The van der Waals surface area contributed by atoms with Gasteiger partial charge in [0.15, 0.2) is 0 Å². The van der Waals surface area contributed by atoms with Gasteiger partial charge in [-0.15, -0.1) is 0 Å². The molecule has 3 rings (SSSR count). The quantitative estimate of drug-likeness (QED) is 0.711. The van der Waals surface area contributed by atoms with Crippen LogP contribution in [-0.2, 0) is 5.41 Å². The van der Waals surface area contributed by atoms with Gasteiger partial charge in [0.1, 0.15) is 11.9 Å². The first-order valence-electron chi connectivity index (χ1n) is 6.48. The standard InChI is InChI=1S/C17H18O/c1-17(2)12-16(13-8-4-3-5-9-13)18-15-11-7-6-10-14(15)17/h3-11,16H,12H2,1-2H3. The molecule has 1 unspecified atom stereocenters. The van der Waals surface area contributed by atoms with E-state index in [2.05, 4.69) is 56.3 Å². The maximum atomic E-state index is 6.15. The van der Waals surface area contributed by atoms with Crippen molar-refractivity contribution < 1.29 is 4.74 Å². The largest absolute Gasteiger partial charge is 0.485 e. The Labute approximate surface area is 108 Å². The molecule has 1 atom stereocenters. The summed E-state index contributed by atoms with van der Waals surface area (Å²) in [6.07, 6.45) is 1.18. The minimum Gasteiger partial charge on any atom is -0.485 e. The van der Waals surface area contributed by atoms with Crippen LogP contribution in [0.4, 0.5) is 0 Å². The Hall–Kier alpha value is -1.76. The highest BCUT2D eigenvalue weighted by molar-refractivity contribution is 5.42. The van der Waals surface area contributed by atoms with Crippen molar-refractivity contribution in [2.75, 3.05) is 0 Å². The first kappa shape index (κ1) is 11.3. The zero-order chi connectivity index (χ0) is 12.6. The first-order chi connectivity index (χ1) is 8.67. The van der Waals surface area contributed by atoms with E-state index in [0.29, 0.717) is 0 Å². The molecule has 0 aliphatic carbocycles. The number of ether oxygens (including phenoxy) is 1. The SMILES string of the molecule is CC1(C)CC(c2ccccc2)Oc2ccccc21. The van der Waals surface area contributed by atoms with Gasteiger partial charge in [-0.25, -0.2) is 0 Å². The monoisotopic (exact) mass is 238 g/mol. The molecule has 0 saturated carbocycles. The summed E-state index contributed by atoms with van der Waals surface area (Å²) in [7, 11) is 0. The highest BCUT2D eigenvalue weighted by Gasteiger charge is 2.34. The average molecular weight is 238 g/mol. The normalized spacial score (nSPS) is 20.9. The number of hydrogen-bond acceptors (Lipinski definition) is 1. The van der Waals surface area contributed by atoms with Crippen LogP contribution in [0.15, 0.2) is 54.6 Å². The van der Waals surface area contributed by atoms with Gasteiger partial charge in [-0.1, -0.05) is 62.4 Å². The minimum atomic E-state index is 0.162. The predicted molar refractivity (Wildman–Crippen MR) is 73.9 cm³/mol. The molecule has 2 aromatic rings. The average Bonchev–Trinajstić information content (AvgIpc) is 2.39. The van der Waals surface area contributed by atoms with Crippen LogP contribution in [0, 0.1) is 0 Å². The van der Waals surface area contributed by atoms with Crippen molar-refractivity contribution >= 4 is 0 Å². The van der Waals surface area contributed by atoms with E-state index in [1.807, 2.05) is 12.1 Å². The van der Waals surface area contributed by atoms with E-state index in [0.717, 1.165) is 12.2 Å². The Balaban J connectivity index is 2.01. The van der Waals surface area contributed by atoms with Gasteiger partial charge in [0, 0.05) is 0 Å². The lowest BCUT2D eigenvalue weighted by atomic mass is 9.76. The summed E-state index contributed by atoms with van der Waals surface area (Å²) in [4.78, 5) is 0. The predicted octanol–water partition coefficient (Wildman–Crippen LogP) is 4.49. The molecule has 0 spiro atoms. The van der Waals surface area contributed by atoms with Gasteiger partial charge in [0.25, 0.3) is 0 Å². The molecule has 0 aromatic heterocycles. The number of para-hydroxylation sites is 1. The van der Waals surface area contributed by atoms with E-state index in [4.69, 9.17) is 4.74 Å². The molecule has 0 N–H and O–H groups in total. The Bertz CT molecular complexity index is 543. The summed E-state index contributed by atoms with van der Waals surface area (Å²) in [5.74, 6) is 1.03. The second kappa shape index (κ2) is 4.16. The van der Waals surface area contributed by atoms with Crippen molar-refractivity contribution in [3.05, 3.63) is 65.7 Å². The van der Waals surface area contributed by atoms with Crippen LogP contribution in [0.2, 0.25) is 0 Å². The number of rotatable bonds is 1. The number of fused-ring (bicyclic) bond motifs is 1. The lowest BCUT2D eigenvalue weighted by Crippen LogP contribution is -2.29. The third-order valence-corrected chi connectivity index (χ3v) is 3.75. The third-order valence-electron chi connectivity index (χ3n) is 3.75. The fourth-order valence-electron chi connectivity index (χ4n) is 2.75. The Kier molecular flexibility index (Phi) is 2.62. The summed E-state index contributed by atoms with van der Waals surface area (Å²) in [6, 6.07) is 18.9. The molecule has 1 heterocycles. The summed E-state index contributed by atoms with van der Waals surface area (Å²) in [6.45, 7) is 4.59. The molecule has 0 amide bonds. The second-order valence-corrected chi connectivity index (χ2v) is 5.60. The topological polar surface area (TPSA) is 9.23 Å². The summed E-state index contributed by atoms with van der Waals surface area (Å²) in [5.41, 5.74) is 2.74. The van der Waals surface area contributed by atoms with Crippen LogP contribution in [0.1, 0.15) is 37.5 Å². The van der Waals surface area contributed by atoms with Crippen LogP contribution in [0.25, 0.3) is 0 Å². The molecule has 0 saturated heterocycles. The smallest absolute Gasteiger partial charge is 0.125 e. The van der Waals surface area contributed by atoms with Crippen molar-refractivity contribution in [2.24, 2.45) is 0 Å². The Morgan fingerprint density at radius 3 is 2.39 bits per heavy atom. The molecule has 0 bridgehead atoms. The lowest BCUT2D eigenvalue weighted by Gasteiger charge is -2.37. The molecule has 18 heavy (non-hydrogen) atoms. The van der Waals surface area contributed by atoms with Crippen molar-refractivity contribution in [1.82, 2.24) is 0 Å². The second-order valence-electron chi connectivity index (χ2n) is 5.60. The third kappa shape index (κ3) is 1.90. The molecule has 1 nitrogen and oxygen atoms in total. The van der Waals surface area contributed by atoms with Crippen LogP contribution in [0.5, 0.6) is 5.75 Å². The molecule has 92 valence electrons.